The minimum absolute atomic E-state index is 0.420. The molecule has 88 valence electrons. The summed E-state index contributed by atoms with van der Waals surface area (Å²) in [6, 6.07) is 0.671. The van der Waals surface area contributed by atoms with Crippen molar-refractivity contribution in [3.8, 4) is 0 Å². The summed E-state index contributed by atoms with van der Waals surface area (Å²) in [4.78, 5) is 0. The molecule has 1 aromatic rings. The monoisotopic (exact) mass is 239 g/mol. The van der Waals surface area contributed by atoms with Gasteiger partial charge in [-0.3, -0.25) is 0 Å². The zero-order valence-electron chi connectivity index (χ0n) is 9.34. The van der Waals surface area contributed by atoms with Crippen molar-refractivity contribution < 1.29 is 4.74 Å². The van der Waals surface area contributed by atoms with E-state index >= 15 is 0 Å². The van der Waals surface area contributed by atoms with Crippen LogP contribution in [0.2, 0.25) is 0 Å². The van der Waals surface area contributed by atoms with Crippen LogP contribution in [0.25, 0.3) is 0 Å². The van der Waals surface area contributed by atoms with Crippen LogP contribution in [0.4, 0.5) is 0 Å². The molecule has 0 radical (unpaired) electrons. The van der Waals surface area contributed by atoms with Crippen LogP contribution in [0, 0.1) is 0 Å². The quantitative estimate of drug-likeness (QED) is 0.756. The van der Waals surface area contributed by atoms with Crippen molar-refractivity contribution in [3.63, 3.8) is 0 Å². The molecule has 1 atom stereocenters. The van der Waals surface area contributed by atoms with E-state index in [1.807, 2.05) is 6.33 Å². The summed E-state index contributed by atoms with van der Waals surface area (Å²) < 4.78 is 7.93. The normalized spacial score (nSPS) is 25.9. The number of rotatable bonds is 4. The van der Waals surface area contributed by atoms with E-state index in [-0.39, 0.29) is 0 Å². The van der Waals surface area contributed by atoms with Gasteiger partial charge in [0.15, 0.2) is 5.16 Å². The minimum atomic E-state index is 0.420. The highest BCUT2D eigenvalue weighted by Gasteiger charge is 2.26. The summed E-state index contributed by atoms with van der Waals surface area (Å²) in [5, 5.41) is 9.25. The first-order valence-corrected chi connectivity index (χ1v) is 7.06. The van der Waals surface area contributed by atoms with Crippen molar-refractivity contribution >= 4 is 11.8 Å². The lowest BCUT2D eigenvalue weighted by Crippen LogP contribution is -2.21. The zero-order chi connectivity index (χ0) is 10.8. The minimum Gasteiger partial charge on any atom is -0.377 e. The lowest BCUT2D eigenvalue weighted by molar-refractivity contribution is 0.0315. The highest BCUT2D eigenvalue weighted by molar-refractivity contribution is 7.99. The van der Waals surface area contributed by atoms with Crippen LogP contribution < -0.4 is 0 Å². The van der Waals surface area contributed by atoms with Crippen LogP contribution in [0.15, 0.2) is 11.5 Å². The van der Waals surface area contributed by atoms with E-state index in [1.54, 1.807) is 11.8 Å². The van der Waals surface area contributed by atoms with Crippen LogP contribution in [0.3, 0.4) is 0 Å². The van der Waals surface area contributed by atoms with Gasteiger partial charge in [-0.15, -0.1) is 10.2 Å². The van der Waals surface area contributed by atoms with E-state index in [1.165, 1.54) is 32.1 Å². The van der Waals surface area contributed by atoms with Gasteiger partial charge in [-0.25, -0.2) is 0 Å². The van der Waals surface area contributed by atoms with E-state index in [0.717, 1.165) is 17.5 Å². The fourth-order valence-corrected chi connectivity index (χ4v) is 3.09. The predicted octanol–water partition coefficient (Wildman–Crippen LogP) is 2.27. The summed E-state index contributed by atoms with van der Waals surface area (Å²) in [7, 11) is 0. The van der Waals surface area contributed by atoms with E-state index in [4.69, 9.17) is 4.74 Å². The maximum Gasteiger partial charge on any atom is 0.191 e. The molecule has 0 N–H and O–H groups in total. The third kappa shape index (κ3) is 2.40. The molecule has 1 aliphatic carbocycles. The number of ether oxygens (including phenoxy) is 1. The highest BCUT2D eigenvalue weighted by atomic mass is 32.2. The van der Waals surface area contributed by atoms with Crippen LogP contribution in [0.5, 0.6) is 0 Å². The van der Waals surface area contributed by atoms with Crippen molar-refractivity contribution in [1.29, 1.82) is 0 Å². The van der Waals surface area contributed by atoms with Crippen molar-refractivity contribution in [2.24, 2.45) is 0 Å². The van der Waals surface area contributed by atoms with E-state index in [0.29, 0.717) is 12.1 Å². The van der Waals surface area contributed by atoms with E-state index in [9.17, 15) is 0 Å². The predicted molar refractivity (Wildman–Crippen MR) is 62.6 cm³/mol. The molecule has 0 unspecified atom stereocenters. The summed E-state index contributed by atoms with van der Waals surface area (Å²) in [6.07, 6.45) is 8.58. The lowest BCUT2D eigenvalue weighted by atomic mass is 10.1. The van der Waals surface area contributed by atoms with Gasteiger partial charge in [0.05, 0.1) is 6.10 Å². The van der Waals surface area contributed by atoms with Gasteiger partial charge in [0, 0.05) is 18.4 Å². The average Bonchev–Trinajstić information content (AvgIpc) is 3.07. The summed E-state index contributed by atoms with van der Waals surface area (Å²) in [6.45, 7) is 0.931. The molecule has 1 aromatic heterocycles. The summed E-state index contributed by atoms with van der Waals surface area (Å²) >= 11 is 1.79. The summed E-state index contributed by atoms with van der Waals surface area (Å²) in [5.74, 6) is 1.02. The van der Waals surface area contributed by atoms with Gasteiger partial charge in [-0.05, 0) is 32.1 Å². The second-order valence-electron chi connectivity index (χ2n) is 4.55. The van der Waals surface area contributed by atoms with Gasteiger partial charge in [-0.1, -0.05) is 11.8 Å². The number of nitrogens with zero attached hydrogens (tertiary/aromatic N) is 3. The first-order chi connectivity index (χ1) is 7.93. The number of hydrogen-bond acceptors (Lipinski definition) is 4. The Morgan fingerprint density at radius 2 is 2.31 bits per heavy atom. The Kier molecular flexibility index (Phi) is 3.15. The van der Waals surface area contributed by atoms with Gasteiger partial charge in [0.2, 0.25) is 0 Å². The van der Waals surface area contributed by atoms with E-state index in [2.05, 4.69) is 14.8 Å². The molecule has 3 rings (SSSR count). The third-order valence-electron chi connectivity index (χ3n) is 3.15. The Labute approximate surface area is 99.8 Å². The average molecular weight is 239 g/mol. The molecule has 1 saturated carbocycles. The highest BCUT2D eigenvalue weighted by Crippen LogP contribution is 2.37. The first kappa shape index (κ1) is 10.6. The Morgan fingerprint density at radius 1 is 1.38 bits per heavy atom. The zero-order valence-corrected chi connectivity index (χ0v) is 10.2. The molecule has 4 nitrogen and oxygen atoms in total. The molecule has 1 saturated heterocycles. The van der Waals surface area contributed by atoms with Gasteiger partial charge in [0.1, 0.15) is 6.33 Å². The molecule has 2 heterocycles. The van der Waals surface area contributed by atoms with Gasteiger partial charge >= 0.3 is 0 Å². The molecular weight excluding hydrogens is 222 g/mol. The third-order valence-corrected chi connectivity index (χ3v) is 4.24. The SMILES string of the molecule is c1nnc(SC[C@H]2CCCCO2)n1C1CC1. The topological polar surface area (TPSA) is 39.9 Å². The first-order valence-electron chi connectivity index (χ1n) is 6.07. The Bertz CT molecular complexity index is 345. The Morgan fingerprint density at radius 3 is 3.06 bits per heavy atom. The van der Waals surface area contributed by atoms with E-state index < -0.39 is 0 Å². The van der Waals surface area contributed by atoms with Crippen LogP contribution in [0.1, 0.15) is 38.1 Å². The molecule has 2 fully saturated rings. The van der Waals surface area contributed by atoms with Crippen molar-refractivity contribution in [1.82, 2.24) is 14.8 Å². The molecule has 2 aliphatic rings. The van der Waals surface area contributed by atoms with Crippen LogP contribution in [-0.4, -0.2) is 33.2 Å². The van der Waals surface area contributed by atoms with Crippen LogP contribution >= 0.6 is 11.8 Å². The largest absolute Gasteiger partial charge is 0.377 e. The lowest BCUT2D eigenvalue weighted by Gasteiger charge is -2.21. The molecule has 1 aliphatic heterocycles. The Hall–Kier alpha value is -0.550. The molecule has 0 bridgehead atoms. The standard InChI is InChI=1S/C11H17N3OS/c1-2-6-15-10(3-1)7-16-11-13-12-8-14(11)9-4-5-9/h8-10H,1-7H2/t10-/m1/s1. The Balaban J connectivity index is 1.54. The number of thioether (sulfide) groups is 1. The van der Waals surface area contributed by atoms with Crippen molar-refractivity contribution in [3.05, 3.63) is 6.33 Å². The van der Waals surface area contributed by atoms with Gasteiger partial charge in [-0.2, -0.15) is 0 Å². The molecule has 5 heteroatoms. The van der Waals surface area contributed by atoms with Crippen LogP contribution in [-0.2, 0) is 4.74 Å². The maximum atomic E-state index is 5.71. The van der Waals surface area contributed by atoms with Gasteiger partial charge in [0.25, 0.3) is 0 Å². The molecule has 0 spiro atoms. The number of hydrogen-bond donors (Lipinski definition) is 0. The van der Waals surface area contributed by atoms with Gasteiger partial charge < -0.3 is 9.30 Å². The van der Waals surface area contributed by atoms with Crippen molar-refractivity contribution in [2.45, 2.75) is 49.4 Å². The number of aromatic nitrogens is 3. The van der Waals surface area contributed by atoms with Crippen molar-refractivity contribution in [2.75, 3.05) is 12.4 Å². The molecule has 0 aromatic carbocycles. The summed E-state index contributed by atoms with van der Waals surface area (Å²) in [5.41, 5.74) is 0. The fourth-order valence-electron chi connectivity index (χ4n) is 2.04. The molecular formula is C11H17N3OS. The second kappa shape index (κ2) is 4.75. The smallest absolute Gasteiger partial charge is 0.191 e. The molecule has 0 amide bonds. The molecule has 16 heavy (non-hydrogen) atoms. The second-order valence-corrected chi connectivity index (χ2v) is 5.54. The maximum absolute atomic E-state index is 5.71. The fraction of sp³-hybridized carbons (Fsp3) is 0.818.